The number of hydrogen-bond acceptors (Lipinski definition) is 4. The molecule has 2 aromatic rings. The zero-order valence-electron chi connectivity index (χ0n) is 11.7. The lowest BCUT2D eigenvalue weighted by Crippen LogP contribution is -2.35. The largest absolute Gasteiger partial charge is 0.350 e. The van der Waals surface area contributed by atoms with Crippen LogP contribution in [0.1, 0.15) is 11.1 Å². The lowest BCUT2D eigenvalue weighted by molar-refractivity contribution is -0.130. The van der Waals surface area contributed by atoms with Gasteiger partial charge in [0.1, 0.15) is 17.3 Å². The molecular weight excluding hydrogens is 288 g/mol. The summed E-state index contributed by atoms with van der Waals surface area (Å²) in [6, 6.07) is 9.90. The number of hydrogen-bond donors (Lipinski definition) is 0. The van der Waals surface area contributed by atoms with Gasteiger partial charge in [-0.05, 0) is 5.56 Å². The second-order valence-corrected chi connectivity index (χ2v) is 5.42. The number of amides is 1. The zero-order chi connectivity index (χ0) is 14.8. The van der Waals surface area contributed by atoms with E-state index in [-0.39, 0.29) is 12.5 Å². The Hall–Kier alpha value is -2.14. The predicted octanol–water partition coefficient (Wildman–Crippen LogP) is 2.11. The predicted molar refractivity (Wildman–Crippen MR) is 81.0 cm³/mol. The highest BCUT2D eigenvalue weighted by atomic mass is 35.5. The Bertz CT molecular complexity index is 662. The molecule has 0 spiro atoms. The summed E-state index contributed by atoms with van der Waals surface area (Å²) in [5.74, 6) is 0.773. The van der Waals surface area contributed by atoms with E-state index in [0.29, 0.717) is 18.2 Å². The molecule has 108 valence electrons. The fourth-order valence-corrected chi connectivity index (χ4v) is 2.64. The highest BCUT2D eigenvalue weighted by Crippen LogP contribution is 2.27. The van der Waals surface area contributed by atoms with Crippen molar-refractivity contribution in [2.45, 2.75) is 13.1 Å². The van der Waals surface area contributed by atoms with Crippen molar-refractivity contribution in [2.24, 2.45) is 0 Å². The van der Waals surface area contributed by atoms with Crippen molar-refractivity contribution in [3.05, 3.63) is 52.9 Å². The van der Waals surface area contributed by atoms with Gasteiger partial charge in [-0.3, -0.25) is 4.79 Å². The van der Waals surface area contributed by atoms with Crippen LogP contribution in [0.25, 0.3) is 0 Å². The number of benzene rings is 1. The van der Waals surface area contributed by atoms with Crippen LogP contribution in [0.3, 0.4) is 0 Å². The van der Waals surface area contributed by atoms with Crippen LogP contribution in [0, 0.1) is 0 Å². The fourth-order valence-electron chi connectivity index (χ4n) is 2.45. The molecule has 1 aliphatic heterocycles. The maximum absolute atomic E-state index is 12.4. The Kier molecular flexibility index (Phi) is 3.75. The molecule has 0 radical (unpaired) electrons. The normalized spacial score (nSPS) is 14.9. The smallest absolute Gasteiger partial charge is 0.242 e. The Labute approximate surface area is 128 Å². The van der Waals surface area contributed by atoms with E-state index in [1.54, 1.807) is 4.90 Å². The minimum Gasteiger partial charge on any atom is -0.350 e. The van der Waals surface area contributed by atoms with Crippen molar-refractivity contribution in [3.8, 4) is 0 Å². The first-order valence-corrected chi connectivity index (χ1v) is 7.05. The molecule has 1 aromatic carbocycles. The topological polar surface area (TPSA) is 49.3 Å². The summed E-state index contributed by atoms with van der Waals surface area (Å²) in [5.41, 5.74) is 1.88. The quantitative estimate of drug-likeness (QED) is 0.797. The number of carbonyl (C=O) groups is 1. The van der Waals surface area contributed by atoms with Gasteiger partial charge < -0.3 is 9.80 Å². The van der Waals surface area contributed by atoms with E-state index in [0.717, 1.165) is 16.9 Å². The lowest BCUT2D eigenvalue weighted by Gasteiger charge is -2.21. The molecule has 0 aliphatic carbocycles. The molecule has 5 nitrogen and oxygen atoms in total. The summed E-state index contributed by atoms with van der Waals surface area (Å²) in [5, 5.41) is 0.402. The van der Waals surface area contributed by atoms with Crippen molar-refractivity contribution in [1.29, 1.82) is 0 Å². The third kappa shape index (κ3) is 2.83. The molecule has 0 saturated carbocycles. The average molecular weight is 303 g/mol. The molecule has 0 fully saturated rings. The number of rotatable bonds is 2. The van der Waals surface area contributed by atoms with E-state index in [4.69, 9.17) is 11.6 Å². The van der Waals surface area contributed by atoms with Gasteiger partial charge in [-0.15, -0.1) is 0 Å². The Balaban J connectivity index is 1.92. The van der Waals surface area contributed by atoms with Crippen LogP contribution in [0.2, 0.25) is 5.15 Å². The van der Waals surface area contributed by atoms with E-state index in [1.165, 1.54) is 6.33 Å². The maximum Gasteiger partial charge on any atom is 0.242 e. The molecule has 0 saturated heterocycles. The highest BCUT2D eigenvalue weighted by Gasteiger charge is 2.26. The van der Waals surface area contributed by atoms with Crippen LogP contribution in [-0.2, 0) is 17.9 Å². The monoisotopic (exact) mass is 302 g/mol. The van der Waals surface area contributed by atoms with Crippen LogP contribution in [-0.4, -0.2) is 34.4 Å². The minimum absolute atomic E-state index is 0.0513. The molecule has 0 N–H and O–H groups in total. The Morgan fingerprint density at radius 2 is 1.95 bits per heavy atom. The van der Waals surface area contributed by atoms with Crippen molar-refractivity contribution in [1.82, 2.24) is 14.9 Å². The molecule has 2 heterocycles. The van der Waals surface area contributed by atoms with Crippen molar-refractivity contribution in [2.75, 3.05) is 18.5 Å². The Morgan fingerprint density at radius 1 is 1.19 bits per heavy atom. The summed E-state index contributed by atoms with van der Waals surface area (Å²) < 4.78 is 0. The lowest BCUT2D eigenvalue weighted by atomic mass is 10.2. The zero-order valence-corrected chi connectivity index (χ0v) is 12.4. The van der Waals surface area contributed by atoms with Gasteiger partial charge in [0.05, 0.1) is 18.7 Å². The van der Waals surface area contributed by atoms with Crippen molar-refractivity contribution < 1.29 is 4.79 Å². The molecule has 0 unspecified atom stereocenters. The van der Waals surface area contributed by atoms with Crippen LogP contribution in [0.15, 0.2) is 36.7 Å². The maximum atomic E-state index is 12.4. The van der Waals surface area contributed by atoms with Crippen LogP contribution < -0.4 is 4.90 Å². The second kappa shape index (κ2) is 5.69. The van der Waals surface area contributed by atoms with Gasteiger partial charge in [-0.25, -0.2) is 9.97 Å². The van der Waals surface area contributed by atoms with Gasteiger partial charge in [-0.1, -0.05) is 41.9 Å². The second-order valence-electron chi connectivity index (χ2n) is 5.06. The van der Waals surface area contributed by atoms with Crippen molar-refractivity contribution >= 4 is 23.3 Å². The molecule has 0 atom stereocenters. The van der Waals surface area contributed by atoms with Gasteiger partial charge in [0.25, 0.3) is 0 Å². The fraction of sp³-hybridized carbons (Fsp3) is 0.267. The molecule has 6 heteroatoms. The summed E-state index contributed by atoms with van der Waals surface area (Å²) in [6.45, 7) is 1.26. The van der Waals surface area contributed by atoms with E-state index < -0.39 is 0 Å². The molecular formula is C15H15ClN4O. The number of halogens is 1. The summed E-state index contributed by atoms with van der Waals surface area (Å²) in [7, 11) is 1.84. The number of anilines is 1. The van der Waals surface area contributed by atoms with Crippen LogP contribution in [0.5, 0.6) is 0 Å². The van der Waals surface area contributed by atoms with Crippen LogP contribution in [0.4, 0.5) is 5.82 Å². The minimum atomic E-state index is 0.0513. The molecule has 21 heavy (non-hydrogen) atoms. The molecule has 3 rings (SSSR count). The molecule has 1 amide bonds. The number of likely N-dealkylation sites (N-methyl/N-ethyl adjacent to an activating group) is 1. The first-order valence-electron chi connectivity index (χ1n) is 6.67. The third-order valence-electron chi connectivity index (χ3n) is 3.52. The van der Waals surface area contributed by atoms with Crippen molar-refractivity contribution in [3.63, 3.8) is 0 Å². The van der Waals surface area contributed by atoms with Crippen LogP contribution >= 0.6 is 11.6 Å². The number of aromatic nitrogens is 2. The summed E-state index contributed by atoms with van der Waals surface area (Å²) in [6.07, 6.45) is 1.43. The Morgan fingerprint density at radius 3 is 2.71 bits per heavy atom. The van der Waals surface area contributed by atoms with E-state index >= 15 is 0 Å². The SMILES string of the molecule is CN1CC(=O)N(Cc2ccccc2)Cc2c(Cl)ncnc21. The molecule has 1 aromatic heterocycles. The van der Waals surface area contributed by atoms with E-state index in [1.807, 2.05) is 42.3 Å². The van der Waals surface area contributed by atoms with E-state index in [9.17, 15) is 4.79 Å². The summed E-state index contributed by atoms with van der Waals surface area (Å²) >= 11 is 6.18. The van der Waals surface area contributed by atoms with E-state index in [2.05, 4.69) is 9.97 Å². The van der Waals surface area contributed by atoms with Gasteiger partial charge in [0.2, 0.25) is 5.91 Å². The molecule has 0 bridgehead atoms. The summed E-state index contributed by atoms with van der Waals surface area (Å²) in [4.78, 5) is 24.3. The average Bonchev–Trinajstić information content (AvgIpc) is 2.60. The van der Waals surface area contributed by atoms with Gasteiger partial charge in [-0.2, -0.15) is 0 Å². The van der Waals surface area contributed by atoms with Gasteiger partial charge in [0.15, 0.2) is 0 Å². The number of fused-ring (bicyclic) bond motifs is 1. The first-order chi connectivity index (χ1) is 10.1. The number of carbonyl (C=O) groups excluding carboxylic acids is 1. The van der Waals surface area contributed by atoms with Gasteiger partial charge in [0, 0.05) is 13.6 Å². The third-order valence-corrected chi connectivity index (χ3v) is 3.85. The van der Waals surface area contributed by atoms with Gasteiger partial charge >= 0.3 is 0 Å². The molecule has 1 aliphatic rings. The number of nitrogens with zero attached hydrogens (tertiary/aromatic N) is 4. The highest BCUT2D eigenvalue weighted by molar-refractivity contribution is 6.30. The first kappa shape index (κ1) is 13.8. The standard InChI is InChI=1S/C15H15ClN4O/c1-19-9-13(21)20(7-11-5-3-2-4-6-11)8-12-14(16)17-10-18-15(12)19/h2-6,10H,7-9H2,1H3.